The summed E-state index contributed by atoms with van der Waals surface area (Å²) in [6.45, 7) is 3.53. The zero-order valence-electron chi connectivity index (χ0n) is 9.99. The largest absolute Gasteiger partial charge is 0.506 e. The summed E-state index contributed by atoms with van der Waals surface area (Å²) in [5.41, 5.74) is -0.191. The first kappa shape index (κ1) is 11.8. The highest BCUT2D eigenvalue weighted by Gasteiger charge is 2.26. The van der Waals surface area contributed by atoms with Gasteiger partial charge in [-0.15, -0.1) is 0 Å². The van der Waals surface area contributed by atoms with Crippen molar-refractivity contribution in [2.75, 3.05) is 7.11 Å². The van der Waals surface area contributed by atoms with E-state index < -0.39 is 11.4 Å². The van der Waals surface area contributed by atoms with E-state index in [2.05, 4.69) is 4.98 Å². The second-order valence-corrected chi connectivity index (χ2v) is 4.38. The number of nitrogens with zero attached hydrogens (tertiary/aromatic N) is 1. The monoisotopic (exact) mass is 235 g/mol. The molecule has 1 N–H and O–H groups in total. The Hall–Kier alpha value is -1.68. The summed E-state index contributed by atoms with van der Waals surface area (Å²) in [7, 11) is 1.52. The van der Waals surface area contributed by atoms with Crippen molar-refractivity contribution in [3.05, 3.63) is 35.8 Å². The van der Waals surface area contributed by atoms with Gasteiger partial charge in [0.05, 0.1) is 0 Å². The van der Waals surface area contributed by atoms with E-state index >= 15 is 0 Å². The van der Waals surface area contributed by atoms with Crippen molar-refractivity contribution in [2.24, 2.45) is 0 Å². The molecule has 17 heavy (non-hydrogen) atoms. The van der Waals surface area contributed by atoms with Gasteiger partial charge in [0.1, 0.15) is 28.4 Å². The minimum atomic E-state index is -0.763. The Morgan fingerprint density at radius 3 is 2.71 bits per heavy atom. The molecule has 2 aromatic rings. The number of pyridine rings is 1. The van der Waals surface area contributed by atoms with Crippen LogP contribution in [0.25, 0.3) is 10.9 Å². The second kappa shape index (κ2) is 3.96. The Kier molecular flexibility index (Phi) is 2.75. The molecular formula is C13H14FNO2. The number of aromatic nitrogens is 1. The molecule has 0 unspecified atom stereocenters. The molecule has 1 heterocycles. The number of benzene rings is 1. The van der Waals surface area contributed by atoms with E-state index in [1.165, 1.54) is 19.2 Å². The van der Waals surface area contributed by atoms with Crippen LogP contribution in [0.1, 0.15) is 19.5 Å². The lowest BCUT2D eigenvalue weighted by atomic mass is 10.0. The second-order valence-electron chi connectivity index (χ2n) is 4.38. The molecule has 0 fully saturated rings. The summed E-state index contributed by atoms with van der Waals surface area (Å²) < 4.78 is 18.9. The van der Waals surface area contributed by atoms with Crippen molar-refractivity contribution in [3.8, 4) is 5.75 Å². The third-order valence-electron chi connectivity index (χ3n) is 2.86. The number of aromatic hydroxyl groups is 1. The minimum Gasteiger partial charge on any atom is -0.506 e. The number of ether oxygens (including phenoxy) is 1. The lowest BCUT2D eigenvalue weighted by molar-refractivity contribution is 0.0137. The van der Waals surface area contributed by atoms with Crippen LogP contribution in [-0.4, -0.2) is 17.2 Å². The molecule has 0 aliphatic rings. The summed E-state index contributed by atoms with van der Waals surface area (Å²) in [5.74, 6) is -0.398. The number of hydrogen-bond donors (Lipinski definition) is 1. The molecule has 0 aliphatic carbocycles. The predicted octanol–water partition coefficient (Wildman–Crippen LogP) is 2.96. The Bertz CT molecular complexity index is 567. The van der Waals surface area contributed by atoms with Crippen LogP contribution in [0.3, 0.4) is 0 Å². The molecular weight excluding hydrogens is 221 g/mol. The van der Waals surface area contributed by atoms with Crippen molar-refractivity contribution in [1.82, 2.24) is 4.98 Å². The smallest absolute Gasteiger partial charge is 0.149 e. The van der Waals surface area contributed by atoms with Crippen molar-refractivity contribution >= 4 is 10.9 Å². The van der Waals surface area contributed by atoms with Crippen molar-refractivity contribution in [3.63, 3.8) is 0 Å². The molecule has 1 aromatic heterocycles. The molecule has 0 radical (unpaired) electrons. The van der Waals surface area contributed by atoms with Crippen LogP contribution in [-0.2, 0) is 10.3 Å². The molecule has 0 atom stereocenters. The molecule has 2 rings (SSSR count). The number of halogens is 1. The summed E-state index contributed by atoms with van der Waals surface area (Å²) in [6.07, 6.45) is 0. The molecule has 0 amide bonds. The van der Waals surface area contributed by atoms with Gasteiger partial charge in [0.2, 0.25) is 0 Å². The Morgan fingerprint density at radius 2 is 2.06 bits per heavy atom. The number of methoxy groups -OCH3 is 1. The lowest BCUT2D eigenvalue weighted by Crippen LogP contribution is -2.21. The molecule has 90 valence electrons. The maximum atomic E-state index is 13.6. The summed E-state index contributed by atoms with van der Waals surface area (Å²) in [6, 6.07) is 6.13. The van der Waals surface area contributed by atoms with Gasteiger partial charge in [-0.2, -0.15) is 0 Å². The van der Waals surface area contributed by atoms with E-state index in [-0.39, 0.29) is 11.3 Å². The van der Waals surface area contributed by atoms with Gasteiger partial charge in [0, 0.05) is 12.5 Å². The van der Waals surface area contributed by atoms with E-state index in [9.17, 15) is 9.50 Å². The Balaban J connectivity index is 2.74. The molecule has 4 heteroatoms. The SMILES string of the molecule is COC(C)(C)c1nc2c(F)cccc2cc1O. The summed E-state index contributed by atoms with van der Waals surface area (Å²) >= 11 is 0. The van der Waals surface area contributed by atoms with E-state index in [1.807, 2.05) is 0 Å². The zero-order chi connectivity index (χ0) is 12.6. The van der Waals surface area contributed by atoms with E-state index in [0.29, 0.717) is 11.1 Å². The van der Waals surface area contributed by atoms with Crippen molar-refractivity contribution in [2.45, 2.75) is 19.4 Å². The summed E-state index contributed by atoms with van der Waals surface area (Å²) in [5, 5.41) is 10.5. The first-order valence-electron chi connectivity index (χ1n) is 5.29. The normalized spacial score (nSPS) is 12.0. The average molecular weight is 235 g/mol. The molecule has 0 spiro atoms. The van der Waals surface area contributed by atoms with Crippen molar-refractivity contribution < 1.29 is 14.2 Å². The number of rotatable bonds is 2. The van der Waals surface area contributed by atoms with E-state index in [4.69, 9.17) is 4.74 Å². The lowest BCUT2D eigenvalue weighted by Gasteiger charge is -2.23. The standard InChI is InChI=1S/C13H14FNO2/c1-13(2,17-3)12-10(16)7-8-5-4-6-9(14)11(8)15-12/h4-7,16H,1-3H3. The zero-order valence-corrected chi connectivity index (χ0v) is 9.99. The molecule has 1 aromatic carbocycles. The average Bonchev–Trinajstić information content (AvgIpc) is 2.28. The van der Waals surface area contributed by atoms with Crippen LogP contribution in [0.5, 0.6) is 5.75 Å². The van der Waals surface area contributed by atoms with Crippen LogP contribution in [0, 0.1) is 5.82 Å². The van der Waals surface area contributed by atoms with Gasteiger partial charge in [-0.1, -0.05) is 12.1 Å². The highest BCUT2D eigenvalue weighted by Crippen LogP contribution is 2.32. The highest BCUT2D eigenvalue weighted by molar-refractivity contribution is 5.81. The third-order valence-corrected chi connectivity index (χ3v) is 2.86. The van der Waals surface area contributed by atoms with Crippen LogP contribution in [0.15, 0.2) is 24.3 Å². The van der Waals surface area contributed by atoms with Gasteiger partial charge in [-0.3, -0.25) is 0 Å². The highest BCUT2D eigenvalue weighted by atomic mass is 19.1. The number of para-hydroxylation sites is 1. The molecule has 0 saturated carbocycles. The van der Waals surface area contributed by atoms with Gasteiger partial charge in [-0.05, 0) is 26.0 Å². The van der Waals surface area contributed by atoms with E-state index in [1.54, 1.807) is 26.0 Å². The fourth-order valence-corrected chi connectivity index (χ4v) is 1.69. The van der Waals surface area contributed by atoms with Gasteiger partial charge in [0.15, 0.2) is 0 Å². The summed E-state index contributed by atoms with van der Waals surface area (Å²) in [4.78, 5) is 4.17. The molecule has 0 aliphatic heterocycles. The third kappa shape index (κ3) is 1.96. The molecule has 0 saturated heterocycles. The first-order chi connectivity index (χ1) is 7.95. The topological polar surface area (TPSA) is 42.4 Å². The van der Waals surface area contributed by atoms with Crippen LogP contribution < -0.4 is 0 Å². The fraction of sp³-hybridized carbons (Fsp3) is 0.308. The molecule has 3 nitrogen and oxygen atoms in total. The first-order valence-corrected chi connectivity index (χ1v) is 5.29. The van der Waals surface area contributed by atoms with Gasteiger partial charge in [-0.25, -0.2) is 9.37 Å². The van der Waals surface area contributed by atoms with Gasteiger partial charge in [0.25, 0.3) is 0 Å². The quantitative estimate of drug-likeness (QED) is 0.870. The number of fused-ring (bicyclic) bond motifs is 1. The maximum absolute atomic E-state index is 13.6. The van der Waals surface area contributed by atoms with Crippen LogP contribution in [0.4, 0.5) is 4.39 Å². The van der Waals surface area contributed by atoms with E-state index in [0.717, 1.165) is 0 Å². The van der Waals surface area contributed by atoms with Gasteiger partial charge < -0.3 is 9.84 Å². The predicted molar refractivity (Wildman–Crippen MR) is 63.4 cm³/mol. The number of hydrogen-bond acceptors (Lipinski definition) is 3. The maximum Gasteiger partial charge on any atom is 0.149 e. The Morgan fingerprint density at radius 1 is 1.35 bits per heavy atom. The van der Waals surface area contributed by atoms with Crippen molar-refractivity contribution in [1.29, 1.82) is 0 Å². The van der Waals surface area contributed by atoms with Crippen LogP contribution >= 0.6 is 0 Å². The van der Waals surface area contributed by atoms with Crippen LogP contribution in [0.2, 0.25) is 0 Å². The minimum absolute atomic E-state index is 0.00921. The van der Waals surface area contributed by atoms with Gasteiger partial charge >= 0.3 is 0 Å². The fourth-order valence-electron chi connectivity index (χ4n) is 1.69. The molecule has 0 bridgehead atoms. The Labute approximate surface area is 98.9 Å².